The summed E-state index contributed by atoms with van der Waals surface area (Å²) in [5.74, 6) is 0. The Labute approximate surface area is 109 Å². The summed E-state index contributed by atoms with van der Waals surface area (Å²) in [7, 11) is 0. The predicted molar refractivity (Wildman–Crippen MR) is 68.8 cm³/mol. The van der Waals surface area contributed by atoms with Crippen molar-refractivity contribution in [2.45, 2.75) is 18.4 Å². The second kappa shape index (κ2) is 4.66. The van der Waals surface area contributed by atoms with E-state index in [9.17, 15) is 4.79 Å². The minimum atomic E-state index is -0.860. The van der Waals surface area contributed by atoms with Crippen molar-refractivity contribution in [2.75, 3.05) is 13.1 Å². The van der Waals surface area contributed by atoms with Crippen molar-refractivity contribution in [1.82, 2.24) is 4.90 Å². The summed E-state index contributed by atoms with van der Waals surface area (Å²) in [6, 6.07) is 7.93. The molecule has 92 valence electrons. The van der Waals surface area contributed by atoms with Crippen molar-refractivity contribution in [3.63, 3.8) is 0 Å². The van der Waals surface area contributed by atoms with E-state index in [2.05, 4.69) is 15.9 Å². The molecule has 5 heteroatoms. The molecule has 0 aliphatic carbocycles. The van der Waals surface area contributed by atoms with Gasteiger partial charge in [0.2, 0.25) is 0 Å². The number of amides is 1. The highest BCUT2D eigenvalue weighted by Crippen LogP contribution is 2.31. The molecular weight excluding hydrogens is 284 g/mol. The Balaban J connectivity index is 2.14. The zero-order chi connectivity index (χ0) is 12.5. The number of nitrogens with zero attached hydrogens (tertiary/aromatic N) is 1. The van der Waals surface area contributed by atoms with Crippen molar-refractivity contribution in [1.29, 1.82) is 0 Å². The Hall–Kier alpha value is -1.07. The molecule has 0 aromatic heterocycles. The molecule has 0 atom stereocenters. The minimum absolute atomic E-state index is 0.407. The number of carboxylic acid groups (broad SMARTS) is 1. The summed E-state index contributed by atoms with van der Waals surface area (Å²) < 4.78 is 1.00. The van der Waals surface area contributed by atoms with Crippen LogP contribution < -0.4 is 5.73 Å². The maximum absolute atomic E-state index is 10.8. The average Bonchev–Trinajstić information content (AvgIpc) is 2.29. The Morgan fingerprint density at radius 3 is 2.59 bits per heavy atom. The van der Waals surface area contributed by atoms with Gasteiger partial charge in [-0.3, -0.25) is 0 Å². The number of piperidine rings is 1. The van der Waals surface area contributed by atoms with Crippen LogP contribution in [-0.2, 0) is 5.54 Å². The number of halogens is 1. The number of carbonyl (C=O) groups is 1. The van der Waals surface area contributed by atoms with E-state index in [0.717, 1.165) is 10.0 Å². The number of rotatable bonds is 1. The molecule has 1 fully saturated rings. The lowest BCUT2D eigenvalue weighted by molar-refractivity contribution is 0.117. The zero-order valence-electron chi connectivity index (χ0n) is 9.40. The molecule has 2 rings (SSSR count). The van der Waals surface area contributed by atoms with Gasteiger partial charge < -0.3 is 15.7 Å². The second-order valence-electron chi connectivity index (χ2n) is 4.44. The molecule has 0 radical (unpaired) electrons. The van der Waals surface area contributed by atoms with Gasteiger partial charge in [0, 0.05) is 23.1 Å². The van der Waals surface area contributed by atoms with Gasteiger partial charge in [-0.15, -0.1) is 0 Å². The third kappa shape index (κ3) is 2.61. The lowest BCUT2D eigenvalue weighted by atomic mass is 9.82. The van der Waals surface area contributed by atoms with Crippen molar-refractivity contribution in [3.05, 3.63) is 34.3 Å². The summed E-state index contributed by atoms with van der Waals surface area (Å²) in [5, 5.41) is 8.90. The third-order valence-electron chi connectivity index (χ3n) is 3.33. The lowest BCUT2D eigenvalue weighted by Crippen LogP contribution is -2.49. The van der Waals surface area contributed by atoms with Gasteiger partial charge in [0.05, 0.1) is 0 Å². The van der Waals surface area contributed by atoms with Crippen LogP contribution in [0.2, 0.25) is 0 Å². The van der Waals surface area contributed by atoms with E-state index in [0.29, 0.717) is 25.9 Å². The third-order valence-corrected chi connectivity index (χ3v) is 3.82. The van der Waals surface area contributed by atoms with E-state index in [-0.39, 0.29) is 0 Å². The van der Waals surface area contributed by atoms with Crippen LogP contribution in [0.15, 0.2) is 28.7 Å². The summed E-state index contributed by atoms with van der Waals surface area (Å²) in [5.41, 5.74) is 7.03. The summed E-state index contributed by atoms with van der Waals surface area (Å²) in [6.07, 6.45) is 0.465. The largest absolute Gasteiger partial charge is 0.465 e. The first-order valence-corrected chi connectivity index (χ1v) is 6.33. The fourth-order valence-electron chi connectivity index (χ4n) is 2.18. The highest BCUT2D eigenvalue weighted by molar-refractivity contribution is 9.10. The molecule has 1 aromatic carbocycles. The highest BCUT2D eigenvalue weighted by Gasteiger charge is 2.33. The van der Waals surface area contributed by atoms with Gasteiger partial charge in [0.25, 0.3) is 0 Å². The molecule has 0 bridgehead atoms. The molecule has 0 spiro atoms. The molecule has 17 heavy (non-hydrogen) atoms. The van der Waals surface area contributed by atoms with Gasteiger partial charge in [-0.1, -0.05) is 28.1 Å². The molecule has 1 saturated heterocycles. The van der Waals surface area contributed by atoms with Crippen LogP contribution in [0.1, 0.15) is 18.4 Å². The van der Waals surface area contributed by atoms with Crippen LogP contribution in [0.4, 0.5) is 4.79 Å². The monoisotopic (exact) mass is 298 g/mol. The van der Waals surface area contributed by atoms with E-state index >= 15 is 0 Å². The lowest BCUT2D eigenvalue weighted by Gasteiger charge is -2.38. The molecule has 3 N–H and O–H groups in total. The minimum Gasteiger partial charge on any atom is -0.465 e. The van der Waals surface area contributed by atoms with E-state index in [1.54, 1.807) is 0 Å². The number of benzene rings is 1. The van der Waals surface area contributed by atoms with Gasteiger partial charge in [-0.25, -0.2) is 4.79 Å². The van der Waals surface area contributed by atoms with Crippen molar-refractivity contribution in [3.8, 4) is 0 Å². The maximum atomic E-state index is 10.8. The molecule has 0 unspecified atom stereocenters. The van der Waals surface area contributed by atoms with Crippen LogP contribution in [-0.4, -0.2) is 29.2 Å². The van der Waals surface area contributed by atoms with Gasteiger partial charge in [0.1, 0.15) is 0 Å². The van der Waals surface area contributed by atoms with E-state index in [1.165, 1.54) is 4.90 Å². The molecule has 1 amide bonds. The quantitative estimate of drug-likeness (QED) is 0.836. The van der Waals surface area contributed by atoms with Crippen LogP contribution in [0.5, 0.6) is 0 Å². The molecule has 1 aliphatic rings. The Morgan fingerprint density at radius 1 is 1.41 bits per heavy atom. The molecule has 4 nitrogen and oxygen atoms in total. The van der Waals surface area contributed by atoms with Gasteiger partial charge >= 0.3 is 6.09 Å². The Bertz CT molecular complexity index is 428. The van der Waals surface area contributed by atoms with E-state index in [1.807, 2.05) is 24.3 Å². The van der Waals surface area contributed by atoms with Crippen LogP contribution in [0.25, 0.3) is 0 Å². The second-order valence-corrected chi connectivity index (χ2v) is 5.35. The summed E-state index contributed by atoms with van der Waals surface area (Å²) >= 11 is 3.43. The van der Waals surface area contributed by atoms with Gasteiger partial charge in [-0.2, -0.15) is 0 Å². The number of nitrogens with two attached hydrogens (primary N) is 1. The van der Waals surface area contributed by atoms with Crippen LogP contribution in [0.3, 0.4) is 0 Å². The van der Waals surface area contributed by atoms with Gasteiger partial charge in [0.15, 0.2) is 0 Å². The Morgan fingerprint density at radius 2 is 2.06 bits per heavy atom. The van der Waals surface area contributed by atoms with Crippen molar-refractivity contribution in [2.24, 2.45) is 5.73 Å². The smallest absolute Gasteiger partial charge is 0.407 e. The fraction of sp³-hybridized carbons (Fsp3) is 0.417. The summed E-state index contributed by atoms with van der Waals surface area (Å²) in [6.45, 7) is 0.997. The average molecular weight is 299 g/mol. The topological polar surface area (TPSA) is 66.6 Å². The Kier molecular flexibility index (Phi) is 3.40. The van der Waals surface area contributed by atoms with Gasteiger partial charge in [-0.05, 0) is 30.5 Å². The number of hydrogen-bond donors (Lipinski definition) is 2. The molecule has 1 aliphatic heterocycles. The van der Waals surface area contributed by atoms with Crippen molar-refractivity contribution < 1.29 is 9.90 Å². The zero-order valence-corrected chi connectivity index (χ0v) is 11.0. The van der Waals surface area contributed by atoms with Crippen LogP contribution in [0, 0.1) is 0 Å². The normalized spacial score (nSPS) is 19.1. The molecule has 1 heterocycles. The fourth-order valence-corrected chi connectivity index (χ4v) is 2.58. The first-order valence-electron chi connectivity index (χ1n) is 5.54. The first-order chi connectivity index (χ1) is 8.01. The molecule has 1 aromatic rings. The van der Waals surface area contributed by atoms with Crippen LogP contribution >= 0.6 is 15.9 Å². The standard InChI is InChI=1S/C12H15BrN2O2/c13-10-3-1-2-9(8-10)12(14)4-6-15(7-5-12)11(16)17/h1-3,8H,4-7,14H2,(H,16,17). The van der Waals surface area contributed by atoms with E-state index in [4.69, 9.17) is 10.8 Å². The van der Waals surface area contributed by atoms with E-state index < -0.39 is 11.6 Å². The maximum Gasteiger partial charge on any atom is 0.407 e. The predicted octanol–water partition coefficient (Wildman–Crippen LogP) is 2.38. The molecular formula is C12H15BrN2O2. The van der Waals surface area contributed by atoms with Crippen molar-refractivity contribution >= 4 is 22.0 Å². The SMILES string of the molecule is NC1(c2cccc(Br)c2)CCN(C(=O)O)CC1. The molecule has 0 saturated carbocycles. The highest BCUT2D eigenvalue weighted by atomic mass is 79.9. The number of likely N-dealkylation sites (tertiary alicyclic amines) is 1. The number of hydrogen-bond acceptors (Lipinski definition) is 2. The summed E-state index contributed by atoms with van der Waals surface area (Å²) in [4.78, 5) is 12.3. The first kappa shape index (κ1) is 12.4.